The number of amides is 4. The van der Waals surface area contributed by atoms with Gasteiger partial charge in [0.2, 0.25) is 0 Å². The quantitative estimate of drug-likeness (QED) is 0.744. The Labute approximate surface area is 155 Å². The zero-order valence-electron chi connectivity index (χ0n) is 14.6. The van der Waals surface area contributed by atoms with Gasteiger partial charge in [0.05, 0.1) is 25.5 Å². The van der Waals surface area contributed by atoms with Crippen molar-refractivity contribution in [3.05, 3.63) is 48.5 Å². The Kier molecular flexibility index (Phi) is 4.19. The number of carbonyl (C=O) groups is 3. The molecular formula is C18H17N5O4. The summed E-state index contributed by atoms with van der Waals surface area (Å²) in [5.41, 5.74) is 0.665. The molecule has 27 heavy (non-hydrogen) atoms. The Morgan fingerprint density at radius 3 is 2.81 bits per heavy atom. The summed E-state index contributed by atoms with van der Waals surface area (Å²) < 4.78 is 5.17. The second kappa shape index (κ2) is 6.67. The highest BCUT2D eigenvalue weighted by Gasteiger charge is 2.49. The Balaban J connectivity index is 1.57. The van der Waals surface area contributed by atoms with Gasteiger partial charge in [0.15, 0.2) is 0 Å². The molecule has 3 heterocycles. The number of carbonyl (C=O) groups excluding carboxylic acids is 3. The first kappa shape index (κ1) is 17.0. The molecule has 2 fully saturated rings. The number of benzene rings is 1. The molecule has 1 unspecified atom stereocenters. The van der Waals surface area contributed by atoms with Crippen molar-refractivity contribution in [2.45, 2.75) is 6.04 Å². The van der Waals surface area contributed by atoms with Crippen molar-refractivity contribution in [1.29, 1.82) is 0 Å². The zero-order chi connectivity index (χ0) is 19.0. The standard InChI is InChI=1S/C18H17N5O4/c1-27-13-4-2-3-12(9-13)23-17(25)15-11-21(7-8-22(15)18(23)26)16(24)14-10-19-5-6-20-14/h2-6,9-10,15H,7-8,11H2,1H3. The maximum atomic E-state index is 12.9. The lowest BCUT2D eigenvalue weighted by Crippen LogP contribution is -2.54. The number of aromatic nitrogens is 2. The number of fused-ring (bicyclic) bond motifs is 1. The lowest BCUT2D eigenvalue weighted by molar-refractivity contribution is -0.120. The monoisotopic (exact) mass is 367 g/mol. The van der Waals surface area contributed by atoms with E-state index >= 15 is 0 Å². The number of piperazine rings is 1. The highest BCUT2D eigenvalue weighted by atomic mass is 16.5. The van der Waals surface area contributed by atoms with Crippen molar-refractivity contribution in [1.82, 2.24) is 19.8 Å². The van der Waals surface area contributed by atoms with E-state index in [0.717, 1.165) is 4.90 Å². The Morgan fingerprint density at radius 1 is 1.22 bits per heavy atom. The fraction of sp³-hybridized carbons (Fsp3) is 0.278. The van der Waals surface area contributed by atoms with E-state index in [1.165, 1.54) is 35.5 Å². The molecule has 0 bridgehead atoms. The van der Waals surface area contributed by atoms with Gasteiger partial charge in [-0.05, 0) is 12.1 Å². The van der Waals surface area contributed by atoms with Crippen LogP contribution >= 0.6 is 0 Å². The fourth-order valence-corrected chi connectivity index (χ4v) is 3.34. The van der Waals surface area contributed by atoms with Crippen LogP contribution in [0.25, 0.3) is 0 Å². The van der Waals surface area contributed by atoms with E-state index in [-0.39, 0.29) is 36.6 Å². The maximum Gasteiger partial charge on any atom is 0.332 e. The molecule has 138 valence electrons. The molecule has 1 aromatic carbocycles. The van der Waals surface area contributed by atoms with E-state index in [1.54, 1.807) is 24.3 Å². The first-order chi connectivity index (χ1) is 13.1. The van der Waals surface area contributed by atoms with Crippen molar-refractivity contribution < 1.29 is 19.1 Å². The minimum absolute atomic E-state index is 0.125. The lowest BCUT2D eigenvalue weighted by Gasteiger charge is -2.35. The summed E-state index contributed by atoms with van der Waals surface area (Å²) in [5.74, 6) is -0.106. The summed E-state index contributed by atoms with van der Waals surface area (Å²) in [7, 11) is 1.52. The first-order valence-electron chi connectivity index (χ1n) is 8.44. The van der Waals surface area contributed by atoms with Gasteiger partial charge in [0.25, 0.3) is 11.8 Å². The summed E-state index contributed by atoms with van der Waals surface area (Å²) in [6.07, 6.45) is 4.32. The molecule has 4 amide bonds. The third kappa shape index (κ3) is 2.86. The van der Waals surface area contributed by atoms with Crippen LogP contribution in [-0.2, 0) is 4.79 Å². The Hall–Kier alpha value is -3.49. The number of nitrogens with zero attached hydrogens (tertiary/aromatic N) is 5. The van der Waals surface area contributed by atoms with Gasteiger partial charge in [-0.3, -0.25) is 14.6 Å². The number of hydrogen-bond acceptors (Lipinski definition) is 6. The van der Waals surface area contributed by atoms with Crippen LogP contribution in [0.3, 0.4) is 0 Å². The molecule has 0 saturated carbocycles. The minimum atomic E-state index is -0.710. The molecule has 4 rings (SSSR count). The second-order valence-corrected chi connectivity index (χ2v) is 6.21. The summed E-state index contributed by atoms with van der Waals surface area (Å²) in [4.78, 5) is 50.4. The number of hydrogen-bond donors (Lipinski definition) is 0. The molecule has 0 radical (unpaired) electrons. The molecule has 2 aliphatic heterocycles. The largest absolute Gasteiger partial charge is 0.497 e. The summed E-state index contributed by atoms with van der Waals surface area (Å²) in [5, 5.41) is 0. The molecule has 1 aromatic heterocycles. The number of methoxy groups -OCH3 is 1. The first-order valence-corrected chi connectivity index (χ1v) is 8.44. The molecule has 2 aromatic rings. The third-order valence-corrected chi connectivity index (χ3v) is 4.70. The minimum Gasteiger partial charge on any atom is -0.497 e. The number of ether oxygens (including phenoxy) is 1. The number of anilines is 1. The van der Waals surface area contributed by atoms with E-state index in [1.807, 2.05) is 0 Å². The van der Waals surface area contributed by atoms with Gasteiger partial charge >= 0.3 is 6.03 Å². The number of imide groups is 1. The van der Waals surface area contributed by atoms with Crippen molar-refractivity contribution in [2.24, 2.45) is 0 Å². The van der Waals surface area contributed by atoms with Crippen molar-refractivity contribution in [3.63, 3.8) is 0 Å². The van der Waals surface area contributed by atoms with E-state index in [9.17, 15) is 14.4 Å². The smallest absolute Gasteiger partial charge is 0.332 e. The fourth-order valence-electron chi connectivity index (χ4n) is 3.34. The van der Waals surface area contributed by atoms with E-state index in [4.69, 9.17) is 4.74 Å². The predicted molar refractivity (Wildman–Crippen MR) is 94.3 cm³/mol. The molecular weight excluding hydrogens is 350 g/mol. The summed E-state index contributed by atoms with van der Waals surface area (Å²) in [6, 6.07) is 5.68. The highest BCUT2D eigenvalue weighted by molar-refractivity contribution is 6.21. The second-order valence-electron chi connectivity index (χ2n) is 6.21. The van der Waals surface area contributed by atoms with Gasteiger partial charge in [0, 0.05) is 31.5 Å². The van der Waals surface area contributed by atoms with Crippen molar-refractivity contribution in [2.75, 3.05) is 31.6 Å². The van der Waals surface area contributed by atoms with Gasteiger partial charge in [-0.15, -0.1) is 0 Å². The third-order valence-electron chi connectivity index (χ3n) is 4.70. The van der Waals surface area contributed by atoms with E-state index in [2.05, 4.69) is 9.97 Å². The maximum absolute atomic E-state index is 12.9. The van der Waals surface area contributed by atoms with Crippen LogP contribution in [0, 0.1) is 0 Å². The highest BCUT2D eigenvalue weighted by Crippen LogP contribution is 2.30. The van der Waals surface area contributed by atoms with Gasteiger partial charge in [-0.25, -0.2) is 14.7 Å². The van der Waals surface area contributed by atoms with Crippen LogP contribution in [0.1, 0.15) is 10.5 Å². The van der Waals surface area contributed by atoms with Crippen LogP contribution in [0.2, 0.25) is 0 Å². The molecule has 9 nitrogen and oxygen atoms in total. The predicted octanol–water partition coefficient (Wildman–Crippen LogP) is 0.778. The van der Waals surface area contributed by atoms with Crippen LogP contribution < -0.4 is 9.64 Å². The summed E-state index contributed by atoms with van der Waals surface area (Å²) >= 11 is 0. The average molecular weight is 367 g/mol. The summed E-state index contributed by atoms with van der Waals surface area (Å²) in [6.45, 7) is 0.735. The van der Waals surface area contributed by atoms with Crippen LogP contribution in [0.15, 0.2) is 42.9 Å². The molecule has 0 aliphatic carbocycles. The van der Waals surface area contributed by atoms with Gasteiger partial charge < -0.3 is 14.5 Å². The molecule has 0 N–H and O–H groups in total. The molecule has 9 heteroatoms. The van der Waals surface area contributed by atoms with Crippen LogP contribution in [-0.4, -0.2) is 70.4 Å². The topological polar surface area (TPSA) is 95.9 Å². The van der Waals surface area contributed by atoms with Crippen molar-refractivity contribution >= 4 is 23.5 Å². The molecule has 2 aliphatic rings. The SMILES string of the molecule is COc1cccc(N2C(=O)C3CN(C(=O)c4cnccn4)CCN3C2=O)c1. The molecule has 1 atom stereocenters. The van der Waals surface area contributed by atoms with Crippen LogP contribution in [0.5, 0.6) is 5.75 Å². The normalized spacial score (nSPS) is 19.3. The Morgan fingerprint density at radius 2 is 2.07 bits per heavy atom. The number of urea groups is 1. The van der Waals surface area contributed by atoms with Gasteiger partial charge in [-0.2, -0.15) is 0 Å². The van der Waals surface area contributed by atoms with E-state index in [0.29, 0.717) is 18.0 Å². The zero-order valence-corrected chi connectivity index (χ0v) is 14.6. The molecule has 0 spiro atoms. The van der Waals surface area contributed by atoms with Gasteiger partial charge in [-0.1, -0.05) is 6.07 Å². The van der Waals surface area contributed by atoms with Crippen molar-refractivity contribution in [3.8, 4) is 5.75 Å². The van der Waals surface area contributed by atoms with Crippen LogP contribution in [0.4, 0.5) is 10.5 Å². The molecule has 2 saturated heterocycles. The van der Waals surface area contributed by atoms with Gasteiger partial charge in [0.1, 0.15) is 17.5 Å². The Bertz CT molecular complexity index is 904. The average Bonchev–Trinajstić information content (AvgIpc) is 2.98. The van der Waals surface area contributed by atoms with E-state index < -0.39 is 6.04 Å². The lowest BCUT2D eigenvalue weighted by atomic mass is 10.1. The number of rotatable bonds is 3.